The second-order valence-electron chi connectivity index (χ2n) is 4.62. The molecule has 2 aliphatic rings. The van der Waals surface area contributed by atoms with Crippen LogP contribution in [0.2, 0.25) is 0 Å². The van der Waals surface area contributed by atoms with Crippen molar-refractivity contribution in [3.63, 3.8) is 0 Å². The fourth-order valence-electron chi connectivity index (χ4n) is 3.03. The van der Waals surface area contributed by atoms with Gasteiger partial charge in [0.2, 0.25) is 0 Å². The number of pyridine rings is 1. The van der Waals surface area contributed by atoms with E-state index in [1.54, 1.807) is 0 Å². The molecule has 1 spiro atoms. The highest BCUT2D eigenvalue weighted by Crippen LogP contribution is 2.37. The molecule has 0 radical (unpaired) electrons. The first-order valence-corrected chi connectivity index (χ1v) is 5.79. The van der Waals surface area contributed by atoms with E-state index in [9.17, 15) is 0 Å². The Balaban J connectivity index is 1.92. The first kappa shape index (κ1) is 9.16. The van der Waals surface area contributed by atoms with Crippen molar-refractivity contribution in [2.75, 3.05) is 24.5 Å². The van der Waals surface area contributed by atoms with Crippen molar-refractivity contribution in [1.29, 1.82) is 0 Å². The molecule has 1 N–H and O–H groups in total. The van der Waals surface area contributed by atoms with E-state index in [1.807, 2.05) is 18.5 Å². The monoisotopic (exact) mass is 203 g/mol. The Hall–Kier alpha value is -1.09. The van der Waals surface area contributed by atoms with Gasteiger partial charge in [0.15, 0.2) is 0 Å². The number of nitrogens with zero attached hydrogens (tertiary/aromatic N) is 2. The molecule has 3 nitrogen and oxygen atoms in total. The predicted molar refractivity (Wildman–Crippen MR) is 61.0 cm³/mol. The normalized spacial score (nSPS) is 30.3. The van der Waals surface area contributed by atoms with E-state index in [-0.39, 0.29) is 0 Å². The Kier molecular flexibility index (Phi) is 2.13. The molecule has 3 heterocycles. The number of hydrogen-bond donors (Lipinski definition) is 1. The first-order valence-electron chi connectivity index (χ1n) is 5.79. The molecule has 15 heavy (non-hydrogen) atoms. The van der Waals surface area contributed by atoms with Crippen molar-refractivity contribution >= 4 is 5.69 Å². The summed E-state index contributed by atoms with van der Waals surface area (Å²) in [5.74, 6) is 0. The highest BCUT2D eigenvalue weighted by Gasteiger charge is 2.42. The lowest BCUT2D eigenvalue weighted by Crippen LogP contribution is -2.45. The van der Waals surface area contributed by atoms with Crippen molar-refractivity contribution in [2.24, 2.45) is 0 Å². The maximum atomic E-state index is 4.22. The maximum Gasteiger partial charge on any atom is 0.0557 e. The smallest absolute Gasteiger partial charge is 0.0557 e. The van der Waals surface area contributed by atoms with Crippen LogP contribution in [0.3, 0.4) is 0 Å². The molecule has 0 aromatic carbocycles. The highest BCUT2D eigenvalue weighted by molar-refractivity contribution is 5.49. The minimum absolute atomic E-state index is 0.392. The molecule has 0 saturated carbocycles. The molecule has 3 rings (SSSR count). The Morgan fingerprint density at radius 2 is 2.40 bits per heavy atom. The summed E-state index contributed by atoms with van der Waals surface area (Å²) in [6.07, 6.45) is 7.76. The van der Waals surface area contributed by atoms with Gasteiger partial charge in [-0.3, -0.25) is 4.98 Å². The number of rotatable bonds is 1. The minimum Gasteiger partial charge on any atom is -0.363 e. The summed E-state index contributed by atoms with van der Waals surface area (Å²) in [5, 5.41) is 3.49. The predicted octanol–water partition coefficient (Wildman–Crippen LogP) is 1.41. The zero-order valence-corrected chi connectivity index (χ0v) is 8.95. The molecule has 1 aromatic heterocycles. The molecule has 2 aliphatic heterocycles. The Morgan fingerprint density at radius 1 is 1.40 bits per heavy atom. The van der Waals surface area contributed by atoms with Crippen LogP contribution < -0.4 is 10.2 Å². The third kappa shape index (κ3) is 1.42. The summed E-state index contributed by atoms with van der Waals surface area (Å²) >= 11 is 0. The van der Waals surface area contributed by atoms with Crippen molar-refractivity contribution < 1.29 is 0 Å². The van der Waals surface area contributed by atoms with E-state index in [0.29, 0.717) is 5.54 Å². The molecule has 1 aromatic rings. The van der Waals surface area contributed by atoms with Crippen LogP contribution in [-0.4, -0.2) is 30.2 Å². The summed E-state index contributed by atoms with van der Waals surface area (Å²) in [6, 6.07) is 4.21. The topological polar surface area (TPSA) is 28.2 Å². The minimum atomic E-state index is 0.392. The lowest BCUT2D eigenvalue weighted by molar-refractivity contribution is 0.466. The van der Waals surface area contributed by atoms with Gasteiger partial charge in [0.25, 0.3) is 0 Å². The summed E-state index contributed by atoms with van der Waals surface area (Å²) in [4.78, 5) is 6.78. The molecule has 2 saturated heterocycles. The van der Waals surface area contributed by atoms with Gasteiger partial charge < -0.3 is 10.2 Å². The molecule has 0 amide bonds. The zero-order valence-electron chi connectivity index (χ0n) is 8.95. The molecule has 0 aliphatic carbocycles. The Bertz CT molecular complexity index is 324. The quantitative estimate of drug-likeness (QED) is 0.748. The van der Waals surface area contributed by atoms with Gasteiger partial charge in [0.05, 0.1) is 17.4 Å². The first-order chi connectivity index (χ1) is 7.41. The van der Waals surface area contributed by atoms with Gasteiger partial charge in [-0.15, -0.1) is 0 Å². The molecule has 3 heteroatoms. The molecule has 80 valence electrons. The number of anilines is 1. The molecular weight excluding hydrogens is 186 g/mol. The van der Waals surface area contributed by atoms with Gasteiger partial charge >= 0.3 is 0 Å². The summed E-state index contributed by atoms with van der Waals surface area (Å²) in [5.41, 5.74) is 1.68. The van der Waals surface area contributed by atoms with Crippen molar-refractivity contribution in [2.45, 2.75) is 24.8 Å². The summed E-state index contributed by atoms with van der Waals surface area (Å²) in [6.45, 7) is 3.49. The van der Waals surface area contributed by atoms with Crippen molar-refractivity contribution in [3.05, 3.63) is 24.5 Å². The van der Waals surface area contributed by atoms with E-state index in [0.717, 1.165) is 13.1 Å². The SMILES string of the molecule is c1cncc(N2CCC[C@@]23CCNC3)c1. The van der Waals surface area contributed by atoms with Crippen molar-refractivity contribution in [1.82, 2.24) is 10.3 Å². The van der Waals surface area contributed by atoms with Crippen LogP contribution in [0.25, 0.3) is 0 Å². The third-order valence-corrected chi connectivity index (χ3v) is 3.78. The van der Waals surface area contributed by atoms with E-state index < -0.39 is 0 Å². The summed E-state index contributed by atoms with van der Waals surface area (Å²) in [7, 11) is 0. The van der Waals surface area contributed by atoms with Crippen LogP contribution in [0.15, 0.2) is 24.5 Å². The van der Waals surface area contributed by atoms with Crippen LogP contribution in [0.5, 0.6) is 0 Å². The number of aromatic nitrogens is 1. The van der Waals surface area contributed by atoms with Gasteiger partial charge in [-0.1, -0.05) is 0 Å². The van der Waals surface area contributed by atoms with Gasteiger partial charge in [0, 0.05) is 19.3 Å². The summed E-state index contributed by atoms with van der Waals surface area (Å²) < 4.78 is 0. The van der Waals surface area contributed by atoms with E-state index in [2.05, 4.69) is 21.3 Å². The Labute approximate surface area is 90.5 Å². The van der Waals surface area contributed by atoms with Crippen LogP contribution >= 0.6 is 0 Å². The number of nitrogens with one attached hydrogen (secondary N) is 1. The lowest BCUT2D eigenvalue weighted by atomic mass is 9.95. The second-order valence-corrected chi connectivity index (χ2v) is 4.62. The second kappa shape index (κ2) is 3.49. The Morgan fingerprint density at radius 3 is 3.13 bits per heavy atom. The van der Waals surface area contributed by atoms with E-state index in [1.165, 1.54) is 31.5 Å². The molecule has 0 unspecified atom stereocenters. The molecule has 1 atom stereocenters. The van der Waals surface area contributed by atoms with Crippen LogP contribution in [0.4, 0.5) is 5.69 Å². The number of hydrogen-bond acceptors (Lipinski definition) is 3. The van der Waals surface area contributed by atoms with E-state index >= 15 is 0 Å². The lowest BCUT2D eigenvalue weighted by Gasteiger charge is -2.36. The maximum absolute atomic E-state index is 4.22. The van der Waals surface area contributed by atoms with Gasteiger partial charge in [0.1, 0.15) is 0 Å². The zero-order chi connectivity index (χ0) is 10.1. The van der Waals surface area contributed by atoms with Crippen LogP contribution in [0, 0.1) is 0 Å². The van der Waals surface area contributed by atoms with Crippen molar-refractivity contribution in [3.8, 4) is 0 Å². The molecule has 0 bridgehead atoms. The standard InChI is InChI=1S/C12H17N3/c1-3-11(9-13-6-1)15-8-2-4-12(15)5-7-14-10-12/h1,3,6,9,14H,2,4-5,7-8,10H2/t12-/m0/s1. The van der Waals surface area contributed by atoms with Gasteiger partial charge in [-0.05, 0) is 37.9 Å². The third-order valence-electron chi connectivity index (χ3n) is 3.78. The fraction of sp³-hybridized carbons (Fsp3) is 0.583. The van der Waals surface area contributed by atoms with Gasteiger partial charge in [-0.25, -0.2) is 0 Å². The largest absolute Gasteiger partial charge is 0.363 e. The van der Waals surface area contributed by atoms with Crippen LogP contribution in [0.1, 0.15) is 19.3 Å². The average molecular weight is 203 g/mol. The van der Waals surface area contributed by atoms with Crippen LogP contribution in [-0.2, 0) is 0 Å². The molecule has 2 fully saturated rings. The fourth-order valence-corrected chi connectivity index (χ4v) is 3.03. The highest BCUT2D eigenvalue weighted by atomic mass is 15.3. The molecular formula is C12H17N3. The van der Waals surface area contributed by atoms with Gasteiger partial charge in [-0.2, -0.15) is 0 Å². The van der Waals surface area contributed by atoms with E-state index in [4.69, 9.17) is 0 Å². The average Bonchev–Trinajstić information content (AvgIpc) is 2.91.